The number of benzene rings is 2. The number of carbonyl (C=O) groups is 2. The quantitative estimate of drug-likeness (QED) is 0.422. The topological polar surface area (TPSA) is 71.3 Å². The second-order valence-electron chi connectivity index (χ2n) is 6.28. The van der Waals surface area contributed by atoms with Crippen LogP contribution in [-0.2, 0) is 4.79 Å². The van der Waals surface area contributed by atoms with Crippen LogP contribution >= 0.6 is 11.8 Å². The highest BCUT2D eigenvalue weighted by Gasteiger charge is 2.17. The highest BCUT2D eigenvalue weighted by molar-refractivity contribution is 7.99. The van der Waals surface area contributed by atoms with Crippen molar-refractivity contribution in [1.29, 1.82) is 0 Å². The van der Waals surface area contributed by atoms with Gasteiger partial charge in [0.1, 0.15) is 11.5 Å². The third kappa shape index (κ3) is 5.62. The number of para-hydroxylation sites is 1. The van der Waals surface area contributed by atoms with Crippen molar-refractivity contribution in [2.24, 2.45) is 0 Å². The summed E-state index contributed by atoms with van der Waals surface area (Å²) in [5.74, 6) is 0.562. The number of hydrogen-bond acceptors (Lipinski definition) is 4. The average Bonchev–Trinajstić information content (AvgIpc) is 3.22. The van der Waals surface area contributed by atoms with Crippen LogP contribution in [0.3, 0.4) is 0 Å². The fourth-order valence-electron chi connectivity index (χ4n) is 2.70. The van der Waals surface area contributed by atoms with Crippen LogP contribution in [0.4, 0.5) is 5.69 Å². The molecular weight excluding hydrogens is 384 g/mol. The van der Waals surface area contributed by atoms with E-state index in [1.54, 1.807) is 42.1 Å². The smallest absolute Gasteiger partial charge is 0.272 e. The first-order chi connectivity index (χ1) is 14.1. The minimum absolute atomic E-state index is 0.0998. The summed E-state index contributed by atoms with van der Waals surface area (Å²) in [5, 5.41) is 5.61. The number of hydrogen-bond donors (Lipinski definition) is 2. The van der Waals surface area contributed by atoms with E-state index in [4.69, 9.17) is 4.42 Å². The van der Waals surface area contributed by atoms with Gasteiger partial charge in [-0.2, -0.15) is 0 Å². The fraction of sp³-hybridized carbons (Fsp3) is 0.130. The van der Waals surface area contributed by atoms with Gasteiger partial charge in [0, 0.05) is 16.5 Å². The van der Waals surface area contributed by atoms with E-state index in [2.05, 4.69) is 10.6 Å². The van der Waals surface area contributed by atoms with Gasteiger partial charge in [0.15, 0.2) is 0 Å². The van der Waals surface area contributed by atoms with Crippen LogP contribution in [0.2, 0.25) is 0 Å². The first-order valence-corrected chi connectivity index (χ1v) is 10.2. The predicted octanol–water partition coefficient (Wildman–Crippen LogP) is 5.11. The number of carbonyl (C=O) groups excluding carboxylic acids is 2. The van der Waals surface area contributed by atoms with Crippen LogP contribution in [0.5, 0.6) is 0 Å². The summed E-state index contributed by atoms with van der Waals surface area (Å²) in [7, 11) is 0. The maximum absolute atomic E-state index is 13.0. The summed E-state index contributed by atoms with van der Waals surface area (Å²) in [4.78, 5) is 26.6. The van der Waals surface area contributed by atoms with Crippen molar-refractivity contribution in [3.8, 4) is 0 Å². The van der Waals surface area contributed by atoms with Crippen molar-refractivity contribution in [1.82, 2.24) is 5.32 Å². The molecule has 0 saturated heterocycles. The number of rotatable bonds is 7. The lowest BCUT2D eigenvalue weighted by molar-refractivity contribution is -0.113. The molecule has 0 aliphatic carbocycles. The Labute approximate surface area is 174 Å². The Morgan fingerprint density at radius 2 is 1.90 bits per heavy atom. The molecule has 0 spiro atoms. The average molecular weight is 407 g/mol. The number of aryl methyl sites for hydroxylation is 1. The van der Waals surface area contributed by atoms with E-state index in [1.165, 1.54) is 12.3 Å². The second-order valence-corrected chi connectivity index (χ2v) is 7.59. The Morgan fingerprint density at radius 1 is 1.07 bits per heavy atom. The Hall–Kier alpha value is -3.25. The second kappa shape index (κ2) is 9.80. The van der Waals surface area contributed by atoms with Crippen molar-refractivity contribution in [2.75, 3.05) is 11.1 Å². The number of nitrogens with one attached hydrogen (secondary N) is 2. The zero-order chi connectivity index (χ0) is 20.6. The normalized spacial score (nSPS) is 11.2. The van der Waals surface area contributed by atoms with Gasteiger partial charge in [-0.15, -0.1) is 11.8 Å². The molecule has 0 fully saturated rings. The lowest BCUT2D eigenvalue weighted by Gasteiger charge is -2.13. The summed E-state index contributed by atoms with van der Waals surface area (Å²) in [6.07, 6.45) is 3.02. The zero-order valence-corrected chi connectivity index (χ0v) is 17.1. The van der Waals surface area contributed by atoms with Crippen LogP contribution in [0.25, 0.3) is 6.08 Å². The molecule has 0 atom stereocenters. The monoisotopic (exact) mass is 406 g/mol. The molecular formula is C23H22N2O3S. The molecule has 2 aromatic carbocycles. The standard InChI is InChI=1S/C23H22N2O3S/c1-3-29-21-12-5-4-11-19(21)24-23(27)20(15-18-10-7-13-28-18)25-22(26)17-9-6-8-16(2)14-17/h4-15H,3H2,1-2H3,(H,24,27)(H,25,26)/b20-15-. The molecule has 0 saturated carbocycles. The van der Waals surface area contributed by atoms with Crippen LogP contribution in [-0.4, -0.2) is 17.6 Å². The molecule has 0 aliphatic heterocycles. The largest absolute Gasteiger partial charge is 0.465 e. The summed E-state index contributed by atoms with van der Waals surface area (Å²) in [6, 6.07) is 18.2. The molecule has 2 N–H and O–H groups in total. The maximum atomic E-state index is 13.0. The molecule has 0 unspecified atom stereocenters. The van der Waals surface area contributed by atoms with E-state index in [0.717, 1.165) is 16.2 Å². The van der Waals surface area contributed by atoms with Gasteiger partial charge in [-0.3, -0.25) is 9.59 Å². The van der Waals surface area contributed by atoms with Gasteiger partial charge in [0.2, 0.25) is 0 Å². The lowest BCUT2D eigenvalue weighted by Crippen LogP contribution is -2.30. The third-order valence-electron chi connectivity index (χ3n) is 4.04. The van der Waals surface area contributed by atoms with Gasteiger partial charge >= 0.3 is 0 Å². The Bertz CT molecular complexity index is 1030. The van der Waals surface area contributed by atoms with Crippen LogP contribution in [0.15, 0.2) is 81.9 Å². The molecule has 0 aliphatic rings. The van der Waals surface area contributed by atoms with Crippen LogP contribution in [0, 0.1) is 6.92 Å². The van der Waals surface area contributed by atoms with E-state index in [9.17, 15) is 9.59 Å². The van der Waals surface area contributed by atoms with Gasteiger partial charge in [-0.25, -0.2) is 0 Å². The number of thioether (sulfide) groups is 1. The molecule has 3 aromatic rings. The van der Waals surface area contributed by atoms with Crippen molar-refractivity contribution < 1.29 is 14.0 Å². The maximum Gasteiger partial charge on any atom is 0.272 e. The molecule has 0 bridgehead atoms. The van der Waals surface area contributed by atoms with Gasteiger partial charge in [0.25, 0.3) is 11.8 Å². The zero-order valence-electron chi connectivity index (χ0n) is 16.3. The molecule has 5 nitrogen and oxygen atoms in total. The molecule has 3 rings (SSSR count). The van der Waals surface area contributed by atoms with E-state index < -0.39 is 5.91 Å². The van der Waals surface area contributed by atoms with Crippen LogP contribution in [0.1, 0.15) is 28.6 Å². The number of anilines is 1. The fourth-order valence-corrected chi connectivity index (χ4v) is 3.46. The Kier molecular flexibility index (Phi) is 6.92. The molecule has 1 aromatic heterocycles. The van der Waals surface area contributed by atoms with Crippen molar-refractivity contribution in [3.63, 3.8) is 0 Å². The van der Waals surface area contributed by atoms with Gasteiger partial charge in [-0.05, 0) is 49.1 Å². The lowest BCUT2D eigenvalue weighted by atomic mass is 10.1. The predicted molar refractivity (Wildman–Crippen MR) is 117 cm³/mol. The highest BCUT2D eigenvalue weighted by atomic mass is 32.2. The molecule has 6 heteroatoms. The Morgan fingerprint density at radius 3 is 2.62 bits per heavy atom. The molecule has 148 valence electrons. The summed E-state index contributed by atoms with van der Waals surface area (Å²) >= 11 is 1.63. The van der Waals surface area contributed by atoms with Crippen molar-refractivity contribution in [3.05, 3.63) is 89.5 Å². The van der Waals surface area contributed by atoms with Crippen molar-refractivity contribution >= 4 is 35.3 Å². The minimum atomic E-state index is -0.424. The van der Waals surface area contributed by atoms with E-state index in [1.807, 2.05) is 44.2 Å². The highest BCUT2D eigenvalue weighted by Crippen LogP contribution is 2.27. The molecule has 0 radical (unpaired) electrons. The number of amides is 2. The summed E-state index contributed by atoms with van der Waals surface area (Å²) in [6.45, 7) is 3.96. The van der Waals surface area contributed by atoms with Gasteiger partial charge in [0.05, 0.1) is 12.0 Å². The first-order valence-electron chi connectivity index (χ1n) is 9.23. The Balaban J connectivity index is 1.86. The van der Waals surface area contributed by atoms with E-state index in [-0.39, 0.29) is 11.6 Å². The van der Waals surface area contributed by atoms with Gasteiger partial charge in [-0.1, -0.05) is 36.8 Å². The van der Waals surface area contributed by atoms with E-state index in [0.29, 0.717) is 17.0 Å². The summed E-state index contributed by atoms with van der Waals surface area (Å²) in [5.41, 5.74) is 2.23. The van der Waals surface area contributed by atoms with Crippen LogP contribution < -0.4 is 10.6 Å². The number of furan rings is 1. The first kappa shape index (κ1) is 20.5. The molecule has 1 heterocycles. The SMILES string of the molecule is CCSc1ccccc1NC(=O)/C(=C/c1ccco1)NC(=O)c1cccc(C)c1. The minimum Gasteiger partial charge on any atom is -0.465 e. The molecule has 29 heavy (non-hydrogen) atoms. The molecule has 2 amide bonds. The summed E-state index contributed by atoms with van der Waals surface area (Å²) < 4.78 is 5.32. The van der Waals surface area contributed by atoms with Crippen molar-refractivity contribution in [2.45, 2.75) is 18.7 Å². The third-order valence-corrected chi connectivity index (χ3v) is 4.99. The van der Waals surface area contributed by atoms with Gasteiger partial charge < -0.3 is 15.1 Å². The van der Waals surface area contributed by atoms with E-state index >= 15 is 0 Å².